The lowest BCUT2D eigenvalue weighted by atomic mass is 10.2. The van der Waals surface area contributed by atoms with Crippen molar-refractivity contribution in [1.82, 2.24) is 14.9 Å². The van der Waals surface area contributed by atoms with Gasteiger partial charge < -0.3 is 24.6 Å². The maximum absolute atomic E-state index is 12.4. The molecule has 1 saturated heterocycles. The van der Waals surface area contributed by atoms with Crippen LogP contribution < -0.4 is 19.7 Å². The molecule has 1 aliphatic rings. The van der Waals surface area contributed by atoms with E-state index in [0.717, 1.165) is 38.5 Å². The Morgan fingerprint density at radius 2 is 1.81 bits per heavy atom. The molecule has 0 atom stereocenters. The van der Waals surface area contributed by atoms with Gasteiger partial charge in [0.1, 0.15) is 11.5 Å². The van der Waals surface area contributed by atoms with E-state index in [4.69, 9.17) is 9.47 Å². The third-order valence-corrected chi connectivity index (χ3v) is 4.66. The van der Waals surface area contributed by atoms with Crippen molar-refractivity contribution in [3.8, 4) is 11.5 Å². The van der Waals surface area contributed by atoms with Gasteiger partial charge in [-0.25, -0.2) is 9.97 Å². The summed E-state index contributed by atoms with van der Waals surface area (Å²) >= 11 is 0. The fourth-order valence-electron chi connectivity index (χ4n) is 3.00. The number of anilines is 2. The minimum Gasteiger partial charge on any atom is -0.493 e. The van der Waals surface area contributed by atoms with Crippen LogP contribution in [0.5, 0.6) is 11.5 Å². The molecule has 2 heterocycles. The number of likely N-dealkylation sites (N-methyl/N-ethyl adjacent to an activating group) is 1. The van der Waals surface area contributed by atoms with Crippen LogP contribution in [0, 0.1) is 0 Å². The second kappa shape index (κ2) is 8.68. The Bertz CT molecular complexity index is 773. The predicted molar refractivity (Wildman–Crippen MR) is 104 cm³/mol. The summed E-state index contributed by atoms with van der Waals surface area (Å²) in [5.74, 6) is 1.62. The molecule has 1 amide bonds. The Morgan fingerprint density at radius 3 is 2.41 bits per heavy atom. The van der Waals surface area contributed by atoms with Crippen LogP contribution >= 0.6 is 0 Å². The highest BCUT2D eigenvalue weighted by Gasteiger charge is 2.18. The Labute approximate surface area is 159 Å². The van der Waals surface area contributed by atoms with E-state index in [-0.39, 0.29) is 11.6 Å². The summed E-state index contributed by atoms with van der Waals surface area (Å²) in [5, 5.41) is 2.80. The molecule has 0 bridgehead atoms. The quantitative estimate of drug-likeness (QED) is 0.830. The maximum Gasteiger partial charge on any atom is 0.275 e. The van der Waals surface area contributed by atoms with Crippen LogP contribution in [0.1, 0.15) is 17.4 Å². The number of rotatable bonds is 6. The number of piperazine rings is 1. The van der Waals surface area contributed by atoms with Crippen molar-refractivity contribution in [3.63, 3.8) is 0 Å². The number of hydrogen-bond donors (Lipinski definition) is 1. The van der Waals surface area contributed by atoms with Gasteiger partial charge in [0.15, 0.2) is 11.5 Å². The highest BCUT2D eigenvalue weighted by Crippen LogP contribution is 2.29. The van der Waals surface area contributed by atoms with E-state index in [0.29, 0.717) is 17.2 Å². The lowest BCUT2D eigenvalue weighted by Gasteiger charge is -2.34. The number of aromatic nitrogens is 2. The van der Waals surface area contributed by atoms with Gasteiger partial charge in [0.25, 0.3) is 5.91 Å². The van der Waals surface area contributed by atoms with E-state index in [1.54, 1.807) is 38.6 Å². The standard InChI is InChI=1S/C19H25N5O3/c1-4-23-7-9-24(10-8-23)18-13-20-15(12-21-18)19(25)22-14-5-6-16(26-2)17(11-14)27-3/h5-6,11-13H,4,7-10H2,1-3H3,(H,22,25). The number of carbonyl (C=O) groups is 1. The fraction of sp³-hybridized carbons (Fsp3) is 0.421. The molecule has 1 aliphatic heterocycles. The van der Waals surface area contributed by atoms with Crippen LogP contribution in [0.25, 0.3) is 0 Å². The molecule has 0 radical (unpaired) electrons. The van der Waals surface area contributed by atoms with Crippen molar-refractivity contribution in [2.45, 2.75) is 6.92 Å². The first kappa shape index (κ1) is 18.9. The summed E-state index contributed by atoms with van der Waals surface area (Å²) in [4.78, 5) is 25.7. The molecule has 1 fully saturated rings. The van der Waals surface area contributed by atoms with Gasteiger partial charge in [-0.15, -0.1) is 0 Å². The van der Waals surface area contributed by atoms with Crippen LogP contribution in [0.2, 0.25) is 0 Å². The van der Waals surface area contributed by atoms with E-state index < -0.39 is 0 Å². The van der Waals surface area contributed by atoms with E-state index in [2.05, 4.69) is 32.0 Å². The minimum atomic E-state index is -0.322. The molecule has 1 aromatic carbocycles. The van der Waals surface area contributed by atoms with Gasteiger partial charge in [0.05, 0.1) is 26.6 Å². The number of methoxy groups -OCH3 is 2. The highest BCUT2D eigenvalue weighted by atomic mass is 16.5. The third-order valence-electron chi connectivity index (χ3n) is 4.66. The highest BCUT2D eigenvalue weighted by molar-refractivity contribution is 6.02. The van der Waals surface area contributed by atoms with Crippen molar-refractivity contribution < 1.29 is 14.3 Å². The number of hydrogen-bond acceptors (Lipinski definition) is 7. The van der Waals surface area contributed by atoms with Crippen molar-refractivity contribution >= 4 is 17.4 Å². The van der Waals surface area contributed by atoms with E-state index in [1.165, 1.54) is 6.20 Å². The summed E-state index contributed by atoms with van der Waals surface area (Å²) < 4.78 is 10.4. The molecule has 0 unspecified atom stereocenters. The summed E-state index contributed by atoms with van der Waals surface area (Å²) in [6.45, 7) is 7.09. The van der Waals surface area contributed by atoms with Gasteiger partial charge >= 0.3 is 0 Å². The van der Waals surface area contributed by atoms with Crippen molar-refractivity contribution in [2.75, 3.05) is 57.2 Å². The number of nitrogens with zero attached hydrogens (tertiary/aromatic N) is 4. The normalized spacial score (nSPS) is 14.7. The van der Waals surface area contributed by atoms with Crippen LogP contribution in [0.4, 0.5) is 11.5 Å². The molecule has 0 spiro atoms. The molecule has 1 aromatic heterocycles. The van der Waals surface area contributed by atoms with Gasteiger partial charge in [-0.3, -0.25) is 4.79 Å². The van der Waals surface area contributed by atoms with Gasteiger partial charge in [-0.05, 0) is 18.7 Å². The third kappa shape index (κ3) is 4.46. The summed E-state index contributed by atoms with van der Waals surface area (Å²) in [5.41, 5.74) is 0.861. The summed E-state index contributed by atoms with van der Waals surface area (Å²) in [6, 6.07) is 5.18. The minimum absolute atomic E-state index is 0.265. The van der Waals surface area contributed by atoms with Gasteiger partial charge in [-0.2, -0.15) is 0 Å². The monoisotopic (exact) mass is 371 g/mol. The number of carbonyl (C=O) groups excluding carboxylic acids is 1. The van der Waals surface area contributed by atoms with Crippen LogP contribution in [-0.4, -0.2) is 67.7 Å². The SMILES string of the molecule is CCN1CCN(c2cnc(C(=O)Nc3ccc(OC)c(OC)c3)cn2)CC1. The molecule has 8 heteroatoms. The first-order valence-corrected chi connectivity index (χ1v) is 8.97. The average Bonchev–Trinajstić information content (AvgIpc) is 2.73. The molecular formula is C19H25N5O3. The zero-order valence-corrected chi connectivity index (χ0v) is 15.9. The molecule has 144 valence electrons. The van der Waals surface area contributed by atoms with Crippen LogP contribution in [0.15, 0.2) is 30.6 Å². The maximum atomic E-state index is 12.4. The summed E-state index contributed by atoms with van der Waals surface area (Å²) in [6.07, 6.45) is 3.17. The first-order valence-electron chi connectivity index (χ1n) is 8.97. The average molecular weight is 371 g/mol. The van der Waals surface area contributed by atoms with Crippen LogP contribution in [0.3, 0.4) is 0 Å². The van der Waals surface area contributed by atoms with Crippen LogP contribution in [-0.2, 0) is 0 Å². The Morgan fingerprint density at radius 1 is 1.07 bits per heavy atom. The Hall–Kier alpha value is -2.87. The van der Waals surface area contributed by atoms with Crippen molar-refractivity contribution in [1.29, 1.82) is 0 Å². The lowest BCUT2D eigenvalue weighted by molar-refractivity contribution is 0.102. The topological polar surface area (TPSA) is 79.8 Å². The molecule has 0 saturated carbocycles. The molecule has 2 aromatic rings. The van der Waals surface area contributed by atoms with Gasteiger partial charge in [0, 0.05) is 37.9 Å². The summed E-state index contributed by atoms with van der Waals surface area (Å²) in [7, 11) is 3.11. The van der Waals surface area contributed by atoms with E-state index >= 15 is 0 Å². The Balaban J connectivity index is 1.64. The van der Waals surface area contributed by atoms with E-state index in [9.17, 15) is 4.79 Å². The molecule has 27 heavy (non-hydrogen) atoms. The molecule has 3 rings (SSSR count). The Kier molecular flexibility index (Phi) is 6.08. The predicted octanol–water partition coefficient (Wildman–Crippen LogP) is 1.89. The van der Waals surface area contributed by atoms with Crippen molar-refractivity contribution in [2.24, 2.45) is 0 Å². The zero-order chi connectivity index (χ0) is 19.2. The second-order valence-corrected chi connectivity index (χ2v) is 6.21. The lowest BCUT2D eigenvalue weighted by Crippen LogP contribution is -2.46. The number of benzene rings is 1. The second-order valence-electron chi connectivity index (χ2n) is 6.21. The first-order chi connectivity index (χ1) is 13.1. The largest absolute Gasteiger partial charge is 0.493 e. The smallest absolute Gasteiger partial charge is 0.275 e. The van der Waals surface area contributed by atoms with Gasteiger partial charge in [-0.1, -0.05) is 6.92 Å². The van der Waals surface area contributed by atoms with Gasteiger partial charge in [0.2, 0.25) is 0 Å². The molecule has 8 nitrogen and oxygen atoms in total. The number of ether oxygens (including phenoxy) is 2. The van der Waals surface area contributed by atoms with E-state index in [1.807, 2.05) is 0 Å². The molecular weight excluding hydrogens is 346 g/mol. The molecule has 0 aliphatic carbocycles. The van der Waals surface area contributed by atoms with Crippen molar-refractivity contribution in [3.05, 3.63) is 36.3 Å². The number of nitrogens with one attached hydrogen (secondary N) is 1. The molecule has 1 N–H and O–H groups in total. The zero-order valence-electron chi connectivity index (χ0n) is 15.9. The number of amides is 1. The fourth-order valence-corrected chi connectivity index (χ4v) is 3.00.